The van der Waals surface area contributed by atoms with E-state index in [9.17, 15) is 0 Å². The molecule has 0 saturated heterocycles. The highest BCUT2D eigenvalue weighted by molar-refractivity contribution is 6.33. The first-order valence-electron chi connectivity index (χ1n) is 6.86. The summed E-state index contributed by atoms with van der Waals surface area (Å²) in [6.45, 7) is 3.45. The Labute approximate surface area is 136 Å². The third kappa shape index (κ3) is 4.45. The Morgan fingerprint density at radius 1 is 1.10 bits per heavy atom. The van der Waals surface area contributed by atoms with Gasteiger partial charge in [0.15, 0.2) is 0 Å². The van der Waals surface area contributed by atoms with Gasteiger partial charge in [-0.15, -0.1) is 0 Å². The largest absolute Gasteiger partial charge is 0.380 e. The molecule has 0 spiro atoms. The SMILES string of the molecule is COCc1ccccc1CNC(C)c1cc(Cl)ccc1Cl. The first-order valence-corrected chi connectivity index (χ1v) is 7.61. The molecular weight excluding hydrogens is 305 g/mol. The minimum Gasteiger partial charge on any atom is -0.380 e. The molecular formula is C17H19Cl2NO. The highest BCUT2D eigenvalue weighted by Crippen LogP contribution is 2.26. The van der Waals surface area contributed by atoms with Crippen molar-refractivity contribution >= 4 is 23.2 Å². The number of ether oxygens (including phenoxy) is 1. The highest BCUT2D eigenvalue weighted by Gasteiger charge is 2.11. The fraction of sp³-hybridized carbons (Fsp3) is 0.294. The van der Waals surface area contributed by atoms with Crippen LogP contribution in [0.5, 0.6) is 0 Å². The van der Waals surface area contributed by atoms with Gasteiger partial charge in [0.05, 0.1) is 6.61 Å². The van der Waals surface area contributed by atoms with E-state index in [1.54, 1.807) is 13.2 Å². The maximum atomic E-state index is 6.24. The van der Waals surface area contributed by atoms with Gasteiger partial charge in [0, 0.05) is 29.7 Å². The van der Waals surface area contributed by atoms with Crippen molar-refractivity contribution in [2.24, 2.45) is 0 Å². The zero-order chi connectivity index (χ0) is 15.2. The average Bonchev–Trinajstić information content (AvgIpc) is 2.49. The third-order valence-corrected chi connectivity index (χ3v) is 4.02. The number of rotatable bonds is 6. The average molecular weight is 324 g/mol. The van der Waals surface area contributed by atoms with Crippen molar-refractivity contribution in [3.63, 3.8) is 0 Å². The van der Waals surface area contributed by atoms with E-state index in [-0.39, 0.29) is 6.04 Å². The molecule has 1 atom stereocenters. The summed E-state index contributed by atoms with van der Waals surface area (Å²) in [7, 11) is 1.71. The Balaban J connectivity index is 2.07. The van der Waals surface area contributed by atoms with Crippen LogP contribution in [0.3, 0.4) is 0 Å². The van der Waals surface area contributed by atoms with Crippen LogP contribution < -0.4 is 5.32 Å². The van der Waals surface area contributed by atoms with Crippen LogP contribution in [0.25, 0.3) is 0 Å². The van der Waals surface area contributed by atoms with E-state index in [0.717, 1.165) is 17.1 Å². The second-order valence-corrected chi connectivity index (χ2v) is 5.81. The Bertz CT molecular complexity index is 601. The van der Waals surface area contributed by atoms with Crippen LogP contribution in [0, 0.1) is 0 Å². The lowest BCUT2D eigenvalue weighted by atomic mass is 10.1. The molecule has 0 aliphatic carbocycles. The van der Waals surface area contributed by atoms with Gasteiger partial charge in [0.2, 0.25) is 0 Å². The van der Waals surface area contributed by atoms with Gasteiger partial charge in [0.1, 0.15) is 0 Å². The molecule has 0 fully saturated rings. The first kappa shape index (κ1) is 16.3. The summed E-state index contributed by atoms with van der Waals surface area (Å²) in [5.74, 6) is 0. The van der Waals surface area contributed by atoms with E-state index in [0.29, 0.717) is 11.6 Å². The van der Waals surface area contributed by atoms with E-state index in [2.05, 4.69) is 24.4 Å². The fourth-order valence-corrected chi connectivity index (χ4v) is 2.71. The molecule has 0 amide bonds. The molecule has 1 unspecified atom stereocenters. The van der Waals surface area contributed by atoms with E-state index in [1.165, 1.54) is 11.1 Å². The lowest BCUT2D eigenvalue weighted by Gasteiger charge is -2.17. The summed E-state index contributed by atoms with van der Waals surface area (Å²) >= 11 is 12.3. The number of hydrogen-bond donors (Lipinski definition) is 1. The van der Waals surface area contributed by atoms with Crippen LogP contribution in [-0.4, -0.2) is 7.11 Å². The quantitative estimate of drug-likeness (QED) is 0.808. The Morgan fingerprint density at radius 2 is 1.81 bits per heavy atom. The van der Waals surface area contributed by atoms with Gasteiger partial charge in [0.25, 0.3) is 0 Å². The molecule has 2 rings (SSSR count). The zero-order valence-electron chi connectivity index (χ0n) is 12.2. The van der Waals surface area contributed by atoms with Crippen molar-refractivity contribution in [1.29, 1.82) is 0 Å². The van der Waals surface area contributed by atoms with Crippen molar-refractivity contribution in [1.82, 2.24) is 5.32 Å². The van der Waals surface area contributed by atoms with Gasteiger partial charge in [-0.3, -0.25) is 0 Å². The lowest BCUT2D eigenvalue weighted by molar-refractivity contribution is 0.184. The van der Waals surface area contributed by atoms with Crippen molar-refractivity contribution in [3.05, 3.63) is 69.2 Å². The van der Waals surface area contributed by atoms with Crippen LogP contribution in [0.15, 0.2) is 42.5 Å². The lowest BCUT2D eigenvalue weighted by Crippen LogP contribution is -2.19. The summed E-state index contributed by atoms with van der Waals surface area (Å²) in [6, 6.07) is 13.9. The predicted octanol–water partition coefficient (Wildman–Crippen LogP) is 4.99. The number of nitrogens with one attached hydrogen (secondary N) is 1. The van der Waals surface area contributed by atoms with Gasteiger partial charge >= 0.3 is 0 Å². The number of methoxy groups -OCH3 is 1. The molecule has 2 nitrogen and oxygen atoms in total. The van der Waals surface area contributed by atoms with Crippen LogP contribution in [0.2, 0.25) is 10.0 Å². The molecule has 0 saturated carbocycles. The zero-order valence-corrected chi connectivity index (χ0v) is 13.7. The maximum Gasteiger partial charge on any atom is 0.0716 e. The summed E-state index contributed by atoms with van der Waals surface area (Å²) in [5, 5.41) is 4.91. The van der Waals surface area contributed by atoms with Crippen molar-refractivity contribution in [2.75, 3.05) is 7.11 Å². The number of benzene rings is 2. The molecule has 0 aromatic heterocycles. The Hall–Kier alpha value is -1.06. The summed E-state index contributed by atoms with van der Waals surface area (Å²) < 4.78 is 5.23. The smallest absolute Gasteiger partial charge is 0.0716 e. The second-order valence-electron chi connectivity index (χ2n) is 4.97. The summed E-state index contributed by atoms with van der Waals surface area (Å²) in [6.07, 6.45) is 0. The summed E-state index contributed by atoms with van der Waals surface area (Å²) in [4.78, 5) is 0. The predicted molar refractivity (Wildman–Crippen MR) is 88.9 cm³/mol. The van der Waals surface area contributed by atoms with Gasteiger partial charge in [-0.05, 0) is 41.8 Å². The van der Waals surface area contributed by atoms with Crippen LogP contribution in [0.4, 0.5) is 0 Å². The minimum atomic E-state index is 0.117. The topological polar surface area (TPSA) is 21.3 Å². The van der Waals surface area contributed by atoms with Gasteiger partial charge in [-0.1, -0.05) is 47.5 Å². The first-order chi connectivity index (χ1) is 10.1. The van der Waals surface area contributed by atoms with Crippen molar-refractivity contribution < 1.29 is 4.74 Å². The summed E-state index contributed by atoms with van der Waals surface area (Å²) in [5.41, 5.74) is 3.43. The normalized spacial score (nSPS) is 12.4. The monoisotopic (exact) mass is 323 g/mol. The second kappa shape index (κ2) is 7.81. The molecule has 0 bridgehead atoms. The van der Waals surface area contributed by atoms with Gasteiger partial charge in [-0.25, -0.2) is 0 Å². The Morgan fingerprint density at radius 3 is 2.52 bits per heavy atom. The van der Waals surface area contributed by atoms with E-state index < -0.39 is 0 Å². The molecule has 2 aromatic rings. The molecule has 0 radical (unpaired) electrons. The molecule has 0 heterocycles. The molecule has 112 valence electrons. The standard InChI is InChI=1S/C17H19Cl2NO/c1-12(16-9-15(18)7-8-17(16)19)20-10-13-5-3-4-6-14(13)11-21-2/h3-9,12,20H,10-11H2,1-2H3. The van der Waals surface area contributed by atoms with Crippen molar-refractivity contribution in [2.45, 2.75) is 26.1 Å². The third-order valence-electron chi connectivity index (χ3n) is 3.44. The van der Waals surface area contributed by atoms with Gasteiger partial charge in [-0.2, -0.15) is 0 Å². The van der Waals surface area contributed by atoms with Gasteiger partial charge < -0.3 is 10.1 Å². The highest BCUT2D eigenvalue weighted by atomic mass is 35.5. The van der Waals surface area contributed by atoms with Crippen molar-refractivity contribution in [3.8, 4) is 0 Å². The molecule has 0 aliphatic heterocycles. The molecule has 0 aliphatic rings. The fourth-order valence-electron chi connectivity index (χ4n) is 2.25. The molecule has 2 aromatic carbocycles. The van der Waals surface area contributed by atoms with E-state index in [1.807, 2.05) is 24.3 Å². The number of hydrogen-bond acceptors (Lipinski definition) is 2. The Kier molecular flexibility index (Phi) is 6.07. The van der Waals surface area contributed by atoms with Crippen LogP contribution in [0.1, 0.15) is 29.7 Å². The minimum absolute atomic E-state index is 0.117. The van der Waals surface area contributed by atoms with E-state index in [4.69, 9.17) is 27.9 Å². The van der Waals surface area contributed by atoms with Crippen LogP contribution in [-0.2, 0) is 17.9 Å². The molecule has 1 N–H and O–H groups in total. The van der Waals surface area contributed by atoms with E-state index >= 15 is 0 Å². The molecule has 21 heavy (non-hydrogen) atoms. The number of halogens is 2. The maximum absolute atomic E-state index is 6.24. The molecule has 4 heteroatoms. The van der Waals surface area contributed by atoms with Crippen LogP contribution >= 0.6 is 23.2 Å².